The van der Waals surface area contributed by atoms with E-state index in [1.54, 1.807) is 24.4 Å². The lowest BCUT2D eigenvalue weighted by Crippen LogP contribution is -2.29. The predicted octanol–water partition coefficient (Wildman–Crippen LogP) is 5.82. The molecule has 2 aromatic carbocycles. The van der Waals surface area contributed by atoms with Crippen molar-refractivity contribution >= 4 is 51.9 Å². The summed E-state index contributed by atoms with van der Waals surface area (Å²) in [6.07, 6.45) is 1.74. The second kappa shape index (κ2) is 12.4. The molecule has 4 aromatic rings. The predicted molar refractivity (Wildman–Crippen MR) is 168 cm³/mol. The molecule has 3 heterocycles. The van der Waals surface area contributed by atoms with E-state index in [4.69, 9.17) is 33.3 Å². The molecule has 2 atom stereocenters. The first-order chi connectivity index (χ1) is 20.6. The SMILES string of the molecule is COCC(=O)Nc1ccc(N2C(=S)N[C@H](c3ccccn3)[C@@H]2c2cc(C)n(-c3ccc([N+](=O)[O-])cc3OC)c2C)cc1Cl. The van der Waals surface area contributed by atoms with Gasteiger partial charge in [0.25, 0.3) is 5.69 Å². The van der Waals surface area contributed by atoms with Gasteiger partial charge in [-0.2, -0.15) is 0 Å². The summed E-state index contributed by atoms with van der Waals surface area (Å²) in [5.74, 6) is 0.0522. The normalized spacial score (nSPS) is 16.2. The average molecular weight is 621 g/mol. The van der Waals surface area contributed by atoms with Crippen molar-refractivity contribution in [2.24, 2.45) is 0 Å². The van der Waals surface area contributed by atoms with Crippen LogP contribution >= 0.6 is 23.8 Å². The fourth-order valence-electron chi connectivity index (χ4n) is 5.44. The quantitative estimate of drug-likeness (QED) is 0.135. The number of halogens is 1. The van der Waals surface area contributed by atoms with Crippen molar-refractivity contribution < 1.29 is 19.2 Å². The summed E-state index contributed by atoms with van der Waals surface area (Å²) >= 11 is 12.5. The number of aryl methyl sites for hydroxylation is 1. The molecule has 43 heavy (non-hydrogen) atoms. The van der Waals surface area contributed by atoms with Gasteiger partial charge >= 0.3 is 0 Å². The third-order valence-corrected chi connectivity index (χ3v) is 7.91. The van der Waals surface area contributed by atoms with Crippen LogP contribution in [-0.2, 0) is 9.53 Å². The number of hydrogen-bond donors (Lipinski definition) is 2. The number of pyridine rings is 1. The molecule has 13 heteroatoms. The molecule has 0 unspecified atom stereocenters. The summed E-state index contributed by atoms with van der Waals surface area (Å²) in [7, 11) is 2.93. The minimum Gasteiger partial charge on any atom is -0.494 e. The summed E-state index contributed by atoms with van der Waals surface area (Å²) in [6, 6.07) is 17.0. The Morgan fingerprint density at radius 3 is 2.60 bits per heavy atom. The lowest BCUT2D eigenvalue weighted by molar-refractivity contribution is -0.384. The van der Waals surface area contributed by atoms with Crippen molar-refractivity contribution in [3.8, 4) is 11.4 Å². The number of benzene rings is 2. The highest BCUT2D eigenvalue weighted by atomic mass is 35.5. The topological polar surface area (TPSA) is 124 Å². The van der Waals surface area contributed by atoms with Crippen molar-refractivity contribution in [1.82, 2.24) is 14.9 Å². The van der Waals surface area contributed by atoms with Gasteiger partial charge in [0.2, 0.25) is 5.91 Å². The lowest BCUT2D eigenvalue weighted by atomic mass is 9.96. The highest BCUT2D eigenvalue weighted by Gasteiger charge is 2.42. The van der Waals surface area contributed by atoms with E-state index >= 15 is 0 Å². The number of nitrogens with zero attached hydrogens (tertiary/aromatic N) is 4. The van der Waals surface area contributed by atoms with Gasteiger partial charge in [-0.3, -0.25) is 19.9 Å². The fraction of sp³-hybridized carbons (Fsp3) is 0.233. The molecular weight excluding hydrogens is 592 g/mol. The number of ether oxygens (including phenoxy) is 2. The summed E-state index contributed by atoms with van der Waals surface area (Å²) in [5.41, 5.74) is 5.31. The molecule has 11 nitrogen and oxygen atoms in total. The number of nitro groups is 1. The standard InChI is InChI=1S/C30H29ClN6O5S/c1-17-13-21(18(2)35(17)25-11-9-20(37(39)40)15-26(25)42-4)29-28(24-7-5-6-12-32-24)34-30(43)36(29)19-8-10-23(22(31)14-19)33-27(38)16-41-3/h5-15,28-29H,16H2,1-4H3,(H,33,38)(H,34,43)/t28-,29+/m1/s1. The zero-order valence-corrected chi connectivity index (χ0v) is 25.4. The largest absolute Gasteiger partial charge is 0.494 e. The highest BCUT2D eigenvalue weighted by Crippen LogP contribution is 2.45. The van der Waals surface area contributed by atoms with E-state index < -0.39 is 4.92 Å². The van der Waals surface area contributed by atoms with Crippen LogP contribution in [0.5, 0.6) is 5.75 Å². The van der Waals surface area contributed by atoms with Crippen LogP contribution in [0.3, 0.4) is 0 Å². The molecule has 1 fully saturated rings. The van der Waals surface area contributed by atoms with Crippen molar-refractivity contribution in [3.63, 3.8) is 0 Å². The molecule has 1 aliphatic rings. The number of carbonyl (C=O) groups is 1. The number of nitro benzene ring substituents is 1. The summed E-state index contributed by atoms with van der Waals surface area (Å²) in [4.78, 5) is 29.7. The number of carbonyl (C=O) groups excluding carboxylic acids is 1. The van der Waals surface area contributed by atoms with Gasteiger partial charge in [-0.1, -0.05) is 17.7 Å². The number of rotatable bonds is 9. The van der Waals surface area contributed by atoms with Crippen LogP contribution in [0.25, 0.3) is 5.69 Å². The number of anilines is 2. The second-order valence-corrected chi connectivity index (χ2v) is 10.7. The van der Waals surface area contributed by atoms with E-state index in [2.05, 4.69) is 21.7 Å². The van der Waals surface area contributed by atoms with Crippen LogP contribution < -0.4 is 20.3 Å². The van der Waals surface area contributed by atoms with E-state index in [1.165, 1.54) is 26.4 Å². The molecule has 0 bridgehead atoms. The van der Waals surface area contributed by atoms with Crippen LogP contribution in [0.2, 0.25) is 5.02 Å². The van der Waals surface area contributed by atoms with Gasteiger partial charge < -0.3 is 29.6 Å². The Bertz CT molecular complexity index is 1710. The molecule has 1 amide bonds. The maximum atomic E-state index is 12.1. The van der Waals surface area contributed by atoms with E-state index in [0.717, 1.165) is 22.6 Å². The van der Waals surface area contributed by atoms with Crippen molar-refractivity contribution in [2.75, 3.05) is 31.0 Å². The molecular formula is C30H29ClN6O5S. The molecule has 5 rings (SSSR count). The maximum absolute atomic E-state index is 12.1. The van der Waals surface area contributed by atoms with Gasteiger partial charge in [-0.15, -0.1) is 0 Å². The second-order valence-electron chi connectivity index (χ2n) is 9.92. The zero-order chi connectivity index (χ0) is 30.8. The fourth-order valence-corrected chi connectivity index (χ4v) is 6.01. The molecule has 222 valence electrons. The molecule has 0 saturated carbocycles. The number of methoxy groups -OCH3 is 2. The Balaban J connectivity index is 1.63. The van der Waals surface area contributed by atoms with Gasteiger partial charge in [-0.25, -0.2) is 0 Å². The van der Waals surface area contributed by atoms with Gasteiger partial charge in [0.15, 0.2) is 5.11 Å². The van der Waals surface area contributed by atoms with Gasteiger partial charge in [0.05, 0.1) is 52.3 Å². The first kappa shape index (κ1) is 30.0. The Morgan fingerprint density at radius 1 is 1.16 bits per heavy atom. The highest BCUT2D eigenvalue weighted by molar-refractivity contribution is 7.80. The lowest BCUT2D eigenvalue weighted by Gasteiger charge is -2.28. The minimum absolute atomic E-state index is 0.0613. The molecule has 0 radical (unpaired) electrons. The number of aromatic nitrogens is 2. The molecule has 1 saturated heterocycles. The third-order valence-electron chi connectivity index (χ3n) is 7.28. The van der Waals surface area contributed by atoms with Gasteiger partial charge in [-0.05, 0) is 74.1 Å². The number of amides is 1. The Kier molecular flexibility index (Phi) is 8.62. The van der Waals surface area contributed by atoms with Crippen LogP contribution in [0.15, 0.2) is 66.9 Å². The zero-order valence-electron chi connectivity index (χ0n) is 23.8. The first-order valence-electron chi connectivity index (χ1n) is 13.2. The van der Waals surface area contributed by atoms with Crippen LogP contribution in [0, 0.1) is 24.0 Å². The van der Waals surface area contributed by atoms with Crippen molar-refractivity contribution in [3.05, 3.63) is 105 Å². The maximum Gasteiger partial charge on any atom is 0.273 e. The molecule has 0 aliphatic carbocycles. The number of hydrogen-bond acceptors (Lipinski definition) is 7. The Labute approximate surface area is 258 Å². The summed E-state index contributed by atoms with van der Waals surface area (Å²) in [6.45, 7) is 3.85. The average Bonchev–Trinajstić information content (AvgIpc) is 3.48. The van der Waals surface area contributed by atoms with Gasteiger partial charge in [0, 0.05) is 36.4 Å². The van der Waals surface area contributed by atoms with E-state index in [-0.39, 0.29) is 30.3 Å². The minimum atomic E-state index is -0.451. The summed E-state index contributed by atoms with van der Waals surface area (Å²) < 4.78 is 12.5. The number of nitrogens with one attached hydrogen (secondary N) is 2. The van der Waals surface area contributed by atoms with Crippen LogP contribution in [-0.4, -0.2) is 46.3 Å². The molecule has 0 spiro atoms. The van der Waals surface area contributed by atoms with Crippen molar-refractivity contribution in [1.29, 1.82) is 0 Å². The number of thiocarbonyl (C=S) groups is 1. The molecule has 1 aliphatic heterocycles. The Hall–Kier alpha value is -4.52. The van der Waals surface area contributed by atoms with E-state index in [9.17, 15) is 14.9 Å². The molecule has 2 N–H and O–H groups in total. The number of non-ortho nitro benzene ring substituents is 1. The Morgan fingerprint density at radius 2 is 1.95 bits per heavy atom. The van der Waals surface area contributed by atoms with Crippen LogP contribution in [0.4, 0.5) is 17.1 Å². The molecule has 2 aromatic heterocycles. The van der Waals surface area contributed by atoms with E-state index in [0.29, 0.717) is 32.9 Å². The summed E-state index contributed by atoms with van der Waals surface area (Å²) in [5, 5.41) is 18.4. The van der Waals surface area contributed by atoms with Crippen molar-refractivity contribution in [2.45, 2.75) is 25.9 Å². The monoisotopic (exact) mass is 620 g/mol. The van der Waals surface area contributed by atoms with E-state index in [1.807, 2.05) is 47.6 Å². The first-order valence-corrected chi connectivity index (χ1v) is 14.0. The third kappa shape index (κ3) is 5.76. The van der Waals surface area contributed by atoms with Crippen LogP contribution in [0.1, 0.15) is 34.7 Å². The smallest absolute Gasteiger partial charge is 0.273 e. The van der Waals surface area contributed by atoms with Gasteiger partial charge in [0.1, 0.15) is 12.4 Å².